The maximum absolute atomic E-state index is 12.1. The molecule has 1 amide bonds. The molecule has 2 heterocycles. The number of piperidine rings is 1. The van der Waals surface area contributed by atoms with Crippen LogP contribution < -0.4 is 11.1 Å². The minimum absolute atomic E-state index is 0.0443. The number of nitrogens with two attached hydrogens (primary N) is 1. The van der Waals surface area contributed by atoms with Gasteiger partial charge < -0.3 is 20.5 Å². The van der Waals surface area contributed by atoms with Gasteiger partial charge in [-0.25, -0.2) is 0 Å². The lowest BCUT2D eigenvalue weighted by Crippen LogP contribution is -2.47. The number of rotatable bonds is 3. The molecule has 1 aromatic rings. The summed E-state index contributed by atoms with van der Waals surface area (Å²) in [6, 6.07) is 7.27. The molecule has 2 aliphatic heterocycles. The molecule has 0 atom stereocenters. The van der Waals surface area contributed by atoms with Crippen LogP contribution in [0.15, 0.2) is 24.3 Å². The Morgan fingerprint density at radius 1 is 1.24 bits per heavy atom. The van der Waals surface area contributed by atoms with Crippen molar-refractivity contribution in [3.05, 3.63) is 24.3 Å². The van der Waals surface area contributed by atoms with Crippen LogP contribution in [0.1, 0.15) is 12.8 Å². The zero-order valence-corrected chi connectivity index (χ0v) is 12.0. The molecular formula is C15H21N3O3. The number of likely N-dealkylation sites (tertiary alicyclic amines) is 1. The molecule has 6 heteroatoms. The second-order valence-electron chi connectivity index (χ2n) is 5.52. The molecule has 1 spiro atoms. The average Bonchev–Trinajstić information content (AvgIpc) is 2.93. The van der Waals surface area contributed by atoms with E-state index in [0.717, 1.165) is 25.9 Å². The Morgan fingerprint density at radius 2 is 1.90 bits per heavy atom. The topological polar surface area (TPSA) is 76.8 Å². The molecule has 0 aliphatic carbocycles. The molecule has 0 unspecified atom stereocenters. The third-order valence-corrected chi connectivity index (χ3v) is 4.03. The number of carbonyl (C=O) groups excluding carboxylic acids is 1. The van der Waals surface area contributed by atoms with E-state index in [1.807, 2.05) is 12.1 Å². The van der Waals surface area contributed by atoms with E-state index in [9.17, 15) is 4.79 Å². The first-order valence-electron chi connectivity index (χ1n) is 7.32. The normalized spacial score (nSPS) is 21.5. The number of hydrogen-bond acceptors (Lipinski definition) is 5. The summed E-state index contributed by atoms with van der Waals surface area (Å²) < 4.78 is 11.4. The maximum Gasteiger partial charge on any atom is 0.238 e. The van der Waals surface area contributed by atoms with Crippen molar-refractivity contribution in [2.45, 2.75) is 18.6 Å². The molecule has 21 heavy (non-hydrogen) atoms. The van der Waals surface area contributed by atoms with Crippen LogP contribution in [0.4, 0.5) is 11.4 Å². The first-order valence-corrected chi connectivity index (χ1v) is 7.32. The van der Waals surface area contributed by atoms with Crippen LogP contribution in [0.25, 0.3) is 0 Å². The van der Waals surface area contributed by atoms with Gasteiger partial charge in [-0.3, -0.25) is 9.69 Å². The highest BCUT2D eigenvalue weighted by Gasteiger charge is 2.39. The molecule has 0 saturated carbocycles. The van der Waals surface area contributed by atoms with Crippen molar-refractivity contribution < 1.29 is 14.3 Å². The smallest absolute Gasteiger partial charge is 0.238 e. The standard InChI is InChI=1S/C15H21N3O3/c16-12-3-1-2-4-13(12)17-14(19)11-18-7-5-15(6-8-18)20-9-10-21-15/h1-4H,5-11,16H2,(H,17,19). The zero-order chi connectivity index (χ0) is 14.7. The fourth-order valence-corrected chi connectivity index (χ4v) is 2.84. The van der Waals surface area contributed by atoms with Crippen molar-refractivity contribution >= 4 is 17.3 Å². The van der Waals surface area contributed by atoms with Gasteiger partial charge in [0.25, 0.3) is 0 Å². The molecule has 0 radical (unpaired) electrons. The summed E-state index contributed by atoms with van der Waals surface area (Å²) in [7, 11) is 0. The summed E-state index contributed by atoms with van der Waals surface area (Å²) >= 11 is 0. The number of benzene rings is 1. The molecule has 3 N–H and O–H groups in total. The molecular weight excluding hydrogens is 270 g/mol. The number of anilines is 2. The van der Waals surface area contributed by atoms with Gasteiger partial charge in [0.05, 0.1) is 31.1 Å². The largest absolute Gasteiger partial charge is 0.397 e. The van der Waals surface area contributed by atoms with Crippen molar-refractivity contribution in [1.29, 1.82) is 0 Å². The Bertz CT molecular complexity index is 505. The predicted molar refractivity (Wildman–Crippen MR) is 79.8 cm³/mol. The fraction of sp³-hybridized carbons (Fsp3) is 0.533. The molecule has 2 aliphatic rings. The van der Waals surface area contributed by atoms with E-state index in [0.29, 0.717) is 31.1 Å². The van der Waals surface area contributed by atoms with E-state index in [4.69, 9.17) is 15.2 Å². The molecule has 0 aromatic heterocycles. The van der Waals surface area contributed by atoms with E-state index in [1.165, 1.54) is 0 Å². The van der Waals surface area contributed by atoms with Gasteiger partial charge in [-0.1, -0.05) is 12.1 Å². The van der Waals surface area contributed by atoms with Gasteiger partial charge in [-0.05, 0) is 12.1 Å². The molecule has 2 fully saturated rings. The van der Waals surface area contributed by atoms with E-state index < -0.39 is 5.79 Å². The number of ether oxygens (including phenoxy) is 2. The van der Waals surface area contributed by atoms with Gasteiger partial charge in [0.15, 0.2) is 5.79 Å². The van der Waals surface area contributed by atoms with Crippen LogP contribution in [-0.2, 0) is 14.3 Å². The summed E-state index contributed by atoms with van der Waals surface area (Å²) in [5.41, 5.74) is 7.06. The summed E-state index contributed by atoms with van der Waals surface area (Å²) in [4.78, 5) is 14.2. The highest BCUT2D eigenvalue weighted by molar-refractivity contribution is 5.95. The maximum atomic E-state index is 12.1. The van der Waals surface area contributed by atoms with Crippen LogP contribution in [0.5, 0.6) is 0 Å². The molecule has 3 rings (SSSR count). The van der Waals surface area contributed by atoms with Gasteiger partial charge in [0.1, 0.15) is 0 Å². The number of para-hydroxylation sites is 2. The van der Waals surface area contributed by atoms with Gasteiger partial charge in [-0.15, -0.1) is 0 Å². The Kier molecular flexibility index (Phi) is 4.10. The number of nitrogen functional groups attached to an aromatic ring is 1. The van der Waals surface area contributed by atoms with Gasteiger partial charge in [0, 0.05) is 25.9 Å². The quantitative estimate of drug-likeness (QED) is 0.814. The molecule has 6 nitrogen and oxygen atoms in total. The van der Waals surface area contributed by atoms with E-state index in [1.54, 1.807) is 12.1 Å². The zero-order valence-electron chi connectivity index (χ0n) is 12.0. The summed E-state index contributed by atoms with van der Waals surface area (Å²) in [5.74, 6) is -0.436. The van der Waals surface area contributed by atoms with Gasteiger partial charge in [0.2, 0.25) is 5.91 Å². The SMILES string of the molecule is Nc1ccccc1NC(=O)CN1CCC2(CC1)OCCO2. The lowest BCUT2D eigenvalue weighted by atomic mass is 10.0. The monoisotopic (exact) mass is 291 g/mol. The van der Waals surface area contributed by atoms with Crippen LogP contribution in [0, 0.1) is 0 Å². The number of hydrogen-bond donors (Lipinski definition) is 2. The first kappa shape index (κ1) is 14.3. The number of amides is 1. The van der Waals surface area contributed by atoms with Crippen LogP contribution >= 0.6 is 0 Å². The highest BCUT2D eigenvalue weighted by Crippen LogP contribution is 2.31. The summed E-state index contributed by atoms with van der Waals surface area (Å²) in [6.45, 7) is 3.32. The van der Waals surface area contributed by atoms with E-state index in [2.05, 4.69) is 10.2 Å². The second-order valence-corrected chi connectivity index (χ2v) is 5.52. The van der Waals surface area contributed by atoms with Crippen molar-refractivity contribution in [2.75, 3.05) is 43.9 Å². The Balaban J connectivity index is 1.49. The fourth-order valence-electron chi connectivity index (χ4n) is 2.84. The minimum atomic E-state index is -0.392. The van der Waals surface area contributed by atoms with Crippen LogP contribution in [0.3, 0.4) is 0 Å². The van der Waals surface area contributed by atoms with E-state index >= 15 is 0 Å². The van der Waals surface area contributed by atoms with Crippen molar-refractivity contribution in [1.82, 2.24) is 4.90 Å². The molecule has 2 saturated heterocycles. The molecule has 1 aromatic carbocycles. The van der Waals surface area contributed by atoms with Crippen LogP contribution in [0.2, 0.25) is 0 Å². The number of carbonyl (C=O) groups is 1. The molecule has 114 valence electrons. The predicted octanol–water partition coefficient (Wildman–Crippen LogP) is 1.05. The number of nitrogens with zero attached hydrogens (tertiary/aromatic N) is 1. The lowest BCUT2D eigenvalue weighted by Gasteiger charge is -2.37. The van der Waals surface area contributed by atoms with Crippen molar-refractivity contribution in [2.24, 2.45) is 0 Å². The lowest BCUT2D eigenvalue weighted by molar-refractivity contribution is -0.185. The second kappa shape index (κ2) is 6.01. The van der Waals surface area contributed by atoms with Gasteiger partial charge in [-0.2, -0.15) is 0 Å². The average molecular weight is 291 g/mol. The molecule has 0 bridgehead atoms. The van der Waals surface area contributed by atoms with Gasteiger partial charge >= 0.3 is 0 Å². The minimum Gasteiger partial charge on any atom is -0.397 e. The summed E-state index contributed by atoms with van der Waals surface area (Å²) in [5, 5.41) is 2.85. The van der Waals surface area contributed by atoms with Crippen LogP contribution in [-0.4, -0.2) is 49.4 Å². The highest BCUT2D eigenvalue weighted by atomic mass is 16.7. The Morgan fingerprint density at radius 3 is 2.57 bits per heavy atom. The summed E-state index contributed by atoms with van der Waals surface area (Å²) in [6.07, 6.45) is 1.63. The Hall–Kier alpha value is -1.63. The third-order valence-electron chi connectivity index (χ3n) is 4.03. The van der Waals surface area contributed by atoms with Crippen molar-refractivity contribution in [3.8, 4) is 0 Å². The van der Waals surface area contributed by atoms with Crippen molar-refractivity contribution in [3.63, 3.8) is 0 Å². The first-order chi connectivity index (χ1) is 10.2. The Labute approximate surface area is 124 Å². The third kappa shape index (κ3) is 3.34. The van der Waals surface area contributed by atoms with E-state index in [-0.39, 0.29) is 5.91 Å². The number of nitrogens with one attached hydrogen (secondary N) is 1.